The van der Waals surface area contributed by atoms with E-state index in [0.717, 1.165) is 0 Å². The molecule has 0 spiro atoms. The first-order valence-electron chi connectivity index (χ1n) is 6.53. The molecule has 1 aliphatic rings. The van der Waals surface area contributed by atoms with Gasteiger partial charge in [0.1, 0.15) is 17.9 Å². The molecule has 2 aromatic rings. The van der Waals surface area contributed by atoms with E-state index in [2.05, 4.69) is 15.0 Å². The van der Waals surface area contributed by atoms with E-state index in [1.807, 2.05) is 0 Å². The maximum Gasteiger partial charge on any atom is 0.165 e. The first-order chi connectivity index (χ1) is 9.63. The summed E-state index contributed by atoms with van der Waals surface area (Å²) >= 11 is 0. The number of hydrogen-bond donors (Lipinski definition) is 4. The minimum atomic E-state index is -0.917. The first kappa shape index (κ1) is 13.2. The largest absolute Gasteiger partial charge is 0.396 e. The Morgan fingerprint density at radius 1 is 1.25 bits per heavy atom. The minimum Gasteiger partial charge on any atom is -0.396 e. The molecule has 1 saturated carbocycles. The molecule has 2 heterocycles. The highest BCUT2D eigenvalue weighted by Crippen LogP contribution is 2.38. The van der Waals surface area contributed by atoms with Crippen LogP contribution in [0.1, 0.15) is 18.9 Å². The summed E-state index contributed by atoms with van der Waals surface area (Å²) in [6.45, 7) is -0.0129. The lowest BCUT2D eigenvalue weighted by Crippen LogP contribution is -2.29. The molecular weight excluding hydrogens is 262 g/mol. The van der Waals surface area contributed by atoms with Gasteiger partial charge in [0, 0.05) is 6.61 Å². The number of fused-ring (bicyclic) bond motifs is 1. The van der Waals surface area contributed by atoms with Gasteiger partial charge in [-0.05, 0) is 18.8 Å². The van der Waals surface area contributed by atoms with Gasteiger partial charge in [-0.1, -0.05) is 0 Å². The number of aliphatic hydroxyl groups excluding tert-OH is 3. The second-order valence-corrected chi connectivity index (χ2v) is 5.14. The van der Waals surface area contributed by atoms with E-state index in [0.29, 0.717) is 24.0 Å². The first-order valence-corrected chi connectivity index (χ1v) is 6.53. The van der Waals surface area contributed by atoms with Gasteiger partial charge < -0.3 is 25.6 Å². The molecule has 3 rings (SSSR count). The summed E-state index contributed by atoms with van der Waals surface area (Å²) in [4.78, 5) is 12.2. The molecule has 8 nitrogen and oxygen atoms in total. The summed E-state index contributed by atoms with van der Waals surface area (Å²) < 4.78 is 1.72. The van der Waals surface area contributed by atoms with Crippen molar-refractivity contribution in [2.24, 2.45) is 5.92 Å². The molecule has 2 aromatic heterocycles. The summed E-state index contributed by atoms with van der Waals surface area (Å²) in [5, 5.41) is 29.2. The molecule has 0 amide bonds. The van der Waals surface area contributed by atoms with Crippen LogP contribution < -0.4 is 5.73 Å². The van der Waals surface area contributed by atoms with Crippen molar-refractivity contribution < 1.29 is 15.3 Å². The number of imidazole rings is 1. The second kappa shape index (κ2) is 4.97. The zero-order valence-electron chi connectivity index (χ0n) is 10.8. The fraction of sp³-hybridized carbons (Fsp3) is 0.583. The van der Waals surface area contributed by atoms with Crippen molar-refractivity contribution in [3.05, 3.63) is 12.7 Å². The third-order valence-electron chi connectivity index (χ3n) is 4.02. The SMILES string of the molecule is Nc1ncnc2c1ncn2[C@@H]1C[C@H](CCO)[C@@H](O)[C@@H]1O. The van der Waals surface area contributed by atoms with Crippen LogP contribution in [0.25, 0.3) is 11.2 Å². The predicted molar refractivity (Wildman–Crippen MR) is 70.6 cm³/mol. The number of nitrogens with two attached hydrogens (primary N) is 1. The van der Waals surface area contributed by atoms with E-state index in [4.69, 9.17) is 10.8 Å². The highest BCUT2D eigenvalue weighted by atomic mass is 16.3. The van der Waals surface area contributed by atoms with Crippen LogP contribution in [0.4, 0.5) is 5.82 Å². The second-order valence-electron chi connectivity index (χ2n) is 5.14. The van der Waals surface area contributed by atoms with Gasteiger partial charge in [0.15, 0.2) is 11.5 Å². The number of aromatic nitrogens is 4. The van der Waals surface area contributed by atoms with Crippen molar-refractivity contribution in [3.63, 3.8) is 0 Å². The maximum absolute atomic E-state index is 10.2. The Morgan fingerprint density at radius 3 is 2.80 bits per heavy atom. The molecule has 4 atom stereocenters. The van der Waals surface area contributed by atoms with E-state index in [9.17, 15) is 10.2 Å². The van der Waals surface area contributed by atoms with Crippen LogP contribution in [-0.2, 0) is 0 Å². The third kappa shape index (κ3) is 1.92. The van der Waals surface area contributed by atoms with E-state index < -0.39 is 12.2 Å². The normalized spacial score (nSPS) is 30.1. The fourth-order valence-electron chi connectivity index (χ4n) is 2.94. The summed E-state index contributed by atoms with van der Waals surface area (Å²) in [6.07, 6.45) is 2.14. The van der Waals surface area contributed by atoms with E-state index in [1.54, 1.807) is 10.9 Å². The molecule has 0 aromatic carbocycles. The van der Waals surface area contributed by atoms with Gasteiger partial charge in [-0.15, -0.1) is 0 Å². The van der Waals surface area contributed by atoms with Gasteiger partial charge in [0.25, 0.3) is 0 Å². The number of hydrogen-bond acceptors (Lipinski definition) is 7. The Bertz CT molecular complexity index is 616. The lowest BCUT2D eigenvalue weighted by molar-refractivity contribution is 0.00275. The maximum atomic E-state index is 10.2. The average molecular weight is 279 g/mol. The molecule has 0 unspecified atom stereocenters. The quantitative estimate of drug-likeness (QED) is 0.571. The zero-order chi connectivity index (χ0) is 14.3. The van der Waals surface area contributed by atoms with Crippen molar-refractivity contribution in [2.45, 2.75) is 31.1 Å². The van der Waals surface area contributed by atoms with Crippen LogP contribution in [0, 0.1) is 5.92 Å². The van der Waals surface area contributed by atoms with Crippen LogP contribution in [-0.4, -0.2) is 53.7 Å². The number of nitrogens with zero attached hydrogens (tertiary/aromatic N) is 4. The number of nitrogen functional groups attached to an aromatic ring is 1. The Hall–Kier alpha value is -1.77. The molecule has 0 bridgehead atoms. The highest BCUT2D eigenvalue weighted by Gasteiger charge is 2.42. The molecule has 5 N–H and O–H groups in total. The standard InChI is InChI=1S/C12H17N5O3/c13-11-8-12(15-4-14-11)17(5-16-8)7-3-6(1-2-18)9(19)10(7)20/h4-7,9-10,18-20H,1-3H2,(H2,13,14,15)/t6-,7+,9+,10+/m0/s1. The smallest absolute Gasteiger partial charge is 0.165 e. The average Bonchev–Trinajstić information content (AvgIpc) is 2.97. The van der Waals surface area contributed by atoms with Crippen molar-refractivity contribution in [1.29, 1.82) is 0 Å². The van der Waals surface area contributed by atoms with Gasteiger partial charge in [-0.2, -0.15) is 0 Å². The third-order valence-corrected chi connectivity index (χ3v) is 4.02. The molecule has 0 saturated heterocycles. The van der Waals surface area contributed by atoms with E-state index in [-0.39, 0.29) is 24.4 Å². The Balaban J connectivity index is 1.97. The number of rotatable bonds is 3. The Kier molecular flexibility index (Phi) is 3.28. The van der Waals surface area contributed by atoms with Gasteiger partial charge in [-0.25, -0.2) is 15.0 Å². The summed E-state index contributed by atoms with van der Waals surface area (Å²) in [7, 11) is 0. The number of aliphatic hydroxyl groups is 3. The molecule has 0 aliphatic heterocycles. The molecule has 1 aliphatic carbocycles. The topological polar surface area (TPSA) is 130 Å². The number of anilines is 1. The van der Waals surface area contributed by atoms with Gasteiger partial charge in [0.2, 0.25) is 0 Å². The van der Waals surface area contributed by atoms with Gasteiger partial charge >= 0.3 is 0 Å². The van der Waals surface area contributed by atoms with Crippen molar-refractivity contribution in [1.82, 2.24) is 19.5 Å². The van der Waals surface area contributed by atoms with Crippen LogP contribution in [0.3, 0.4) is 0 Å². The van der Waals surface area contributed by atoms with Crippen LogP contribution in [0.5, 0.6) is 0 Å². The van der Waals surface area contributed by atoms with Gasteiger partial charge in [0.05, 0.1) is 18.5 Å². The molecule has 108 valence electrons. The van der Waals surface area contributed by atoms with E-state index >= 15 is 0 Å². The minimum absolute atomic E-state index is 0.0129. The summed E-state index contributed by atoms with van der Waals surface area (Å²) in [6, 6.07) is -0.333. The Morgan fingerprint density at radius 2 is 2.05 bits per heavy atom. The van der Waals surface area contributed by atoms with E-state index in [1.165, 1.54) is 6.33 Å². The summed E-state index contributed by atoms with van der Waals surface area (Å²) in [5.41, 5.74) is 6.76. The molecule has 20 heavy (non-hydrogen) atoms. The predicted octanol–water partition coefficient (Wildman–Crippen LogP) is -0.926. The van der Waals surface area contributed by atoms with Crippen LogP contribution in [0.2, 0.25) is 0 Å². The van der Waals surface area contributed by atoms with Crippen molar-refractivity contribution >= 4 is 17.0 Å². The molecular formula is C12H17N5O3. The lowest BCUT2D eigenvalue weighted by atomic mass is 10.0. The molecule has 0 radical (unpaired) electrons. The van der Waals surface area contributed by atoms with Gasteiger partial charge in [-0.3, -0.25) is 0 Å². The Labute approximate surface area is 114 Å². The zero-order valence-corrected chi connectivity index (χ0v) is 10.8. The summed E-state index contributed by atoms with van der Waals surface area (Å²) in [5.74, 6) is 0.144. The van der Waals surface area contributed by atoms with Crippen LogP contribution >= 0.6 is 0 Å². The van der Waals surface area contributed by atoms with Crippen LogP contribution in [0.15, 0.2) is 12.7 Å². The lowest BCUT2D eigenvalue weighted by Gasteiger charge is -2.18. The highest BCUT2D eigenvalue weighted by molar-refractivity contribution is 5.81. The monoisotopic (exact) mass is 279 g/mol. The molecule has 1 fully saturated rings. The molecule has 8 heteroatoms. The van der Waals surface area contributed by atoms with Crippen molar-refractivity contribution in [3.8, 4) is 0 Å². The fourth-order valence-corrected chi connectivity index (χ4v) is 2.94. The van der Waals surface area contributed by atoms with Crippen molar-refractivity contribution in [2.75, 3.05) is 12.3 Å².